The van der Waals surface area contributed by atoms with Gasteiger partial charge in [0.2, 0.25) is 0 Å². The molecule has 0 aromatic carbocycles. The van der Waals surface area contributed by atoms with Crippen LogP contribution < -0.4 is 5.32 Å². The molecule has 47 heavy (non-hydrogen) atoms. The number of hydrogen-bond acceptors (Lipinski definition) is 6. The van der Waals surface area contributed by atoms with Crippen LogP contribution in [0.3, 0.4) is 0 Å². The third-order valence-electron chi connectivity index (χ3n) is 15.2. The van der Waals surface area contributed by atoms with Gasteiger partial charge in [-0.05, 0) is 111 Å². The zero-order valence-corrected chi connectivity index (χ0v) is 31.3. The molecule has 0 radical (unpaired) electrons. The second-order valence-electron chi connectivity index (χ2n) is 19.1. The first kappa shape index (κ1) is 36.5. The molecule has 7 heteroatoms. The summed E-state index contributed by atoms with van der Waals surface area (Å²) in [6.07, 6.45) is 7.50. The zero-order chi connectivity index (χ0) is 35.1. The molecule has 5 rings (SSSR count). The molecule has 0 saturated heterocycles. The third kappa shape index (κ3) is 5.47. The topological polar surface area (TPSA) is 113 Å². The quantitative estimate of drug-likeness (QED) is 0.218. The van der Waals surface area contributed by atoms with E-state index in [1.54, 1.807) is 13.8 Å². The molecular weight excluding hydrogens is 590 g/mol. The van der Waals surface area contributed by atoms with Crippen LogP contribution in [0.15, 0.2) is 11.1 Å². The Morgan fingerprint density at radius 1 is 0.915 bits per heavy atom. The van der Waals surface area contributed by atoms with Gasteiger partial charge in [-0.15, -0.1) is 0 Å². The Kier molecular flexibility index (Phi) is 9.30. The van der Waals surface area contributed by atoms with Gasteiger partial charge in [-0.3, -0.25) is 14.4 Å². The molecular formula is C40H65NO6. The molecule has 0 aromatic rings. The van der Waals surface area contributed by atoms with Gasteiger partial charge in [0.1, 0.15) is 6.10 Å². The normalized spacial score (nSPS) is 40.4. The van der Waals surface area contributed by atoms with Crippen molar-refractivity contribution in [3.8, 4) is 0 Å². The lowest BCUT2D eigenvalue weighted by molar-refractivity contribution is -0.235. The maximum atomic E-state index is 13.8. The molecule has 3 N–H and O–H groups in total. The van der Waals surface area contributed by atoms with Crippen LogP contribution in [0.1, 0.15) is 140 Å². The van der Waals surface area contributed by atoms with Crippen molar-refractivity contribution in [1.29, 1.82) is 0 Å². The highest BCUT2D eigenvalue weighted by Gasteiger charge is 2.70. The summed E-state index contributed by atoms with van der Waals surface area (Å²) in [5.74, 6) is 0.190. The monoisotopic (exact) mass is 655 g/mol. The number of carboxylic acids is 1. The van der Waals surface area contributed by atoms with E-state index in [2.05, 4.69) is 67.6 Å². The number of ketones is 1. The van der Waals surface area contributed by atoms with Crippen molar-refractivity contribution in [3.63, 3.8) is 0 Å². The fourth-order valence-electron chi connectivity index (χ4n) is 12.5. The van der Waals surface area contributed by atoms with Crippen LogP contribution in [-0.2, 0) is 19.1 Å². The fraction of sp³-hybridized carbons (Fsp3) is 0.875. The highest BCUT2D eigenvalue weighted by molar-refractivity contribution is 6.00. The second-order valence-corrected chi connectivity index (χ2v) is 19.1. The van der Waals surface area contributed by atoms with Gasteiger partial charge in [-0.25, -0.2) is 0 Å². The molecule has 0 aliphatic heterocycles. The van der Waals surface area contributed by atoms with Crippen LogP contribution in [0.2, 0.25) is 0 Å². The van der Waals surface area contributed by atoms with E-state index in [1.165, 1.54) is 5.57 Å². The van der Waals surface area contributed by atoms with E-state index in [0.717, 1.165) is 56.9 Å². The number of carbonyl (C=O) groups is 3. The molecule has 9 unspecified atom stereocenters. The Morgan fingerprint density at radius 2 is 1.57 bits per heavy atom. The standard InChI is InChI=1S/C40H65NO6/c1-23(2)32-26(42)20-40(29(43)22-41-24(3)4)19-18-38(10)25(33(32)40)12-13-28-37(9)16-15-30(47-31(44)21-35(5,6)34(45)46)36(7,8)27(37)14-17-39(28,38)11/h23-25,27-30,41,43H,12-22H2,1-11H3,(H,45,46). The summed E-state index contributed by atoms with van der Waals surface area (Å²) >= 11 is 0. The first-order valence-corrected chi connectivity index (χ1v) is 18.7. The van der Waals surface area contributed by atoms with E-state index in [9.17, 15) is 24.6 Å². The molecule has 0 spiro atoms. The highest BCUT2D eigenvalue weighted by atomic mass is 16.5. The molecule has 0 heterocycles. The Morgan fingerprint density at radius 3 is 2.17 bits per heavy atom. The number of carboxylic acid groups (broad SMARTS) is 1. The number of Topliss-reactive ketones (excluding diaryl/α,β-unsaturated/α-hetero) is 1. The van der Waals surface area contributed by atoms with Crippen molar-refractivity contribution in [2.45, 2.75) is 159 Å². The molecule has 0 aromatic heterocycles. The summed E-state index contributed by atoms with van der Waals surface area (Å²) in [4.78, 5) is 38.6. The van der Waals surface area contributed by atoms with Crippen molar-refractivity contribution < 1.29 is 29.3 Å². The third-order valence-corrected chi connectivity index (χ3v) is 15.2. The van der Waals surface area contributed by atoms with Gasteiger partial charge in [-0.2, -0.15) is 0 Å². The van der Waals surface area contributed by atoms with Crippen molar-refractivity contribution in [3.05, 3.63) is 11.1 Å². The Hall–Kier alpha value is -1.73. The lowest BCUT2D eigenvalue weighted by Crippen LogP contribution is -2.66. The molecule has 4 fully saturated rings. The molecule has 7 nitrogen and oxygen atoms in total. The van der Waals surface area contributed by atoms with Crippen LogP contribution in [0, 0.1) is 56.2 Å². The summed E-state index contributed by atoms with van der Waals surface area (Å²) in [6.45, 7) is 24.4. The smallest absolute Gasteiger partial charge is 0.309 e. The number of hydrogen-bond donors (Lipinski definition) is 3. The maximum Gasteiger partial charge on any atom is 0.309 e. The number of aliphatic hydroxyl groups is 1. The number of carbonyl (C=O) groups excluding carboxylic acids is 2. The molecule has 266 valence electrons. The average molecular weight is 656 g/mol. The number of rotatable bonds is 9. The SMILES string of the molecule is CC(C)NCC(O)C12CCC3(C)C(CCC4C5(C)CCC(OC(=O)CC(C)(C)C(=O)O)C(C)(C)C5CCC43C)C1=C(C(C)C)C(=O)C2. The summed E-state index contributed by atoms with van der Waals surface area (Å²) < 4.78 is 6.14. The van der Waals surface area contributed by atoms with Gasteiger partial charge in [0.05, 0.1) is 17.9 Å². The van der Waals surface area contributed by atoms with Crippen molar-refractivity contribution in [2.75, 3.05) is 6.54 Å². The summed E-state index contributed by atoms with van der Waals surface area (Å²) in [7, 11) is 0. The first-order valence-electron chi connectivity index (χ1n) is 18.7. The van der Waals surface area contributed by atoms with Crippen molar-refractivity contribution >= 4 is 17.7 Å². The first-order chi connectivity index (χ1) is 21.6. The van der Waals surface area contributed by atoms with Gasteiger partial charge < -0.3 is 20.3 Å². The molecule has 0 bridgehead atoms. The predicted octanol–water partition coefficient (Wildman–Crippen LogP) is 7.74. The zero-order valence-electron chi connectivity index (χ0n) is 31.3. The van der Waals surface area contributed by atoms with Gasteiger partial charge in [0, 0.05) is 29.8 Å². The van der Waals surface area contributed by atoms with Gasteiger partial charge >= 0.3 is 11.9 Å². The molecule has 0 amide bonds. The van der Waals surface area contributed by atoms with Crippen LogP contribution in [0.5, 0.6) is 0 Å². The number of fused-ring (bicyclic) bond motifs is 7. The largest absolute Gasteiger partial charge is 0.481 e. The number of aliphatic hydroxyl groups excluding tert-OH is 1. The van der Waals surface area contributed by atoms with E-state index >= 15 is 0 Å². The number of ether oxygens (including phenoxy) is 1. The van der Waals surface area contributed by atoms with Gasteiger partial charge in [0.25, 0.3) is 0 Å². The molecule has 4 saturated carbocycles. The lowest BCUT2D eigenvalue weighted by Gasteiger charge is -2.72. The van der Waals surface area contributed by atoms with Gasteiger partial charge in [-0.1, -0.05) is 67.9 Å². The minimum Gasteiger partial charge on any atom is -0.481 e. The highest BCUT2D eigenvalue weighted by Crippen LogP contribution is 2.77. The van der Waals surface area contributed by atoms with E-state index in [-0.39, 0.29) is 57.8 Å². The second kappa shape index (κ2) is 12.0. The van der Waals surface area contributed by atoms with Crippen LogP contribution in [0.25, 0.3) is 0 Å². The number of nitrogens with one attached hydrogen (secondary N) is 1. The fourth-order valence-corrected chi connectivity index (χ4v) is 12.5. The van der Waals surface area contributed by atoms with Gasteiger partial charge in [0.15, 0.2) is 5.78 Å². The van der Waals surface area contributed by atoms with Crippen LogP contribution in [-0.4, -0.2) is 52.7 Å². The molecule has 5 aliphatic rings. The molecule has 9 atom stereocenters. The summed E-state index contributed by atoms with van der Waals surface area (Å²) in [5, 5.41) is 24.9. The van der Waals surface area contributed by atoms with Crippen LogP contribution in [0.4, 0.5) is 0 Å². The van der Waals surface area contributed by atoms with E-state index in [0.29, 0.717) is 24.8 Å². The minimum atomic E-state index is -1.15. The Labute approximate surface area is 284 Å². The number of allylic oxidation sites excluding steroid dienone is 1. The van der Waals surface area contributed by atoms with E-state index < -0.39 is 28.9 Å². The Balaban J connectivity index is 1.45. The van der Waals surface area contributed by atoms with Crippen molar-refractivity contribution in [1.82, 2.24) is 5.32 Å². The maximum absolute atomic E-state index is 13.8. The average Bonchev–Trinajstić information content (AvgIpc) is 3.26. The number of esters is 1. The number of aliphatic carboxylic acids is 1. The predicted molar refractivity (Wildman–Crippen MR) is 184 cm³/mol. The summed E-state index contributed by atoms with van der Waals surface area (Å²) in [5.41, 5.74) is 0.677. The van der Waals surface area contributed by atoms with Crippen molar-refractivity contribution in [2.24, 2.45) is 56.2 Å². The summed E-state index contributed by atoms with van der Waals surface area (Å²) in [6, 6.07) is 0.272. The van der Waals surface area contributed by atoms with Crippen LogP contribution >= 0.6 is 0 Å². The molecule has 5 aliphatic carbocycles. The lowest BCUT2D eigenvalue weighted by atomic mass is 9.33. The minimum absolute atomic E-state index is 0.0224. The van der Waals surface area contributed by atoms with E-state index in [4.69, 9.17) is 4.74 Å². The Bertz CT molecular complexity index is 1310. The van der Waals surface area contributed by atoms with E-state index in [1.807, 2.05) is 0 Å².